The van der Waals surface area contributed by atoms with Gasteiger partial charge in [-0.3, -0.25) is 4.79 Å². The quantitative estimate of drug-likeness (QED) is 0.851. The maximum Gasteiger partial charge on any atom is 0.229 e. The summed E-state index contributed by atoms with van der Waals surface area (Å²) in [6, 6.07) is 9.59. The molecule has 0 aliphatic rings. The second-order valence-electron chi connectivity index (χ2n) is 4.34. The molecular formula is C16H16N2OS. The number of nitrogens with two attached hydrogens (primary N) is 1. The number of hydrogen-bond donors (Lipinski definition) is 2. The number of nitrogens with one attached hydrogen (secondary N) is 1. The predicted octanol–water partition coefficient (Wildman–Crippen LogP) is 2.55. The topological polar surface area (TPSA) is 55.1 Å². The third-order valence-corrected chi connectivity index (χ3v) is 3.63. The van der Waals surface area contributed by atoms with Crippen molar-refractivity contribution in [2.75, 3.05) is 11.9 Å². The van der Waals surface area contributed by atoms with Crippen LogP contribution in [0.4, 0.5) is 5.69 Å². The van der Waals surface area contributed by atoms with E-state index in [4.69, 9.17) is 5.73 Å². The van der Waals surface area contributed by atoms with E-state index in [0.717, 1.165) is 21.7 Å². The number of carbonyl (C=O) groups excluding carboxylic acids is 1. The largest absolute Gasteiger partial charge is 0.326 e. The first kappa shape index (κ1) is 14.3. The standard InChI is InChI=1S/C16H16N2OS/c1-12-10-14(7-6-13(12)4-2-8-17)18-16(19)11-15-5-3-9-20-15/h3,5-7,9-10H,8,11,17H2,1H3,(H,18,19). The van der Waals surface area contributed by atoms with Crippen LogP contribution in [0.2, 0.25) is 0 Å². The van der Waals surface area contributed by atoms with Crippen molar-refractivity contribution in [2.45, 2.75) is 13.3 Å². The molecular weight excluding hydrogens is 268 g/mol. The van der Waals surface area contributed by atoms with Gasteiger partial charge < -0.3 is 11.1 Å². The summed E-state index contributed by atoms with van der Waals surface area (Å²) < 4.78 is 0. The number of rotatable bonds is 3. The molecule has 0 spiro atoms. The van der Waals surface area contributed by atoms with Gasteiger partial charge in [-0.2, -0.15) is 0 Å². The lowest BCUT2D eigenvalue weighted by molar-refractivity contribution is -0.115. The van der Waals surface area contributed by atoms with Crippen LogP contribution in [0.3, 0.4) is 0 Å². The molecule has 20 heavy (non-hydrogen) atoms. The lowest BCUT2D eigenvalue weighted by atomic mass is 10.1. The molecule has 0 unspecified atom stereocenters. The molecule has 1 aromatic carbocycles. The van der Waals surface area contributed by atoms with E-state index in [2.05, 4.69) is 17.2 Å². The van der Waals surface area contributed by atoms with E-state index in [0.29, 0.717) is 13.0 Å². The molecule has 1 heterocycles. The lowest BCUT2D eigenvalue weighted by Gasteiger charge is -2.06. The summed E-state index contributed by atoms with van der Waals surface area (Å²) in [6.45, 7) is 2.31. The van der Waals surface area contributed by atoms with E-state index < -0.39 is 0 Å². The molecule has 102 valence electrons. The highest BCUT2D eigenvalue weighted by Crippen LogP contribution is 2.15. The molecule has 0 fully saturated rings. The van der Waals surface area contributed by atoms with Gasteiger partial charge in [0.05, 0.1) is 13.0 Å². The molecule has 0 radical (unpaired) electrons. The van der Waals surface area contributed by atoms with Crippen LogP contribution in [0.1, 0.15) is 16.0 Å². The monoisotopic (exact) mass is 284 g/mol. The van der Waals surface area contributed by atoms with Gasteiger partial charge in [0, 0.05) is 16.1 Å². The smallest absolute Gasteiger partial charge is 0.229 e. The van der Waals surface area contributed by atoms with Gasteiger partial charge in [-0.05, 0) is 42.1 Å². The molecule has 0 aliphatic heterocycles. The molecule has 3 N–H and O–H groups in total. The van der Waals surface area contributed by atoms with Crippen molar-refractivity contribution >= 4 is 22.9 Å². The van der Waals surface area contributed by atoms with Crippen LogP contribution >= 0.6 is 11.3 Å². The first-order valence-corrected chi connectivity index (χ1v) is 7.19. The van der Waals surface area contributed by atoms with E-state index >= 15 is 0 Å². The van der Waals surface area contributed by atoms with Gasteiger partial charge in [-0.1, -0.05) is 17.9 Å². The van der Waals surface area contributed by atoms with Gasteiger partial charge >= 0.3 is 0 Å². The molecule has 4 heteroatoms. The number of amides is 1. The number of anilines is 1. The Morgan fingerprint density at radius 3 is 2.90 bits per heavy atom. The lowest BCUT2D eigenvalue weighted by Crippen LogP contribution is -2.13. The number of thiophene rings is 1. The van der Waals surface area contributed by atoms with E-state index in [1.807, 2.05) is 42.6 Å². The average Bonchev–Trinajstić information content (AvgIpc) is 2.90. The minimum Gasteiger partial charge on any atom is -0.326 e. The molecule has 0 aliphatic carbocycles. The fraction of sp³-hybridized carbons (Fsp3) is 0.188. The highest BCUT2D eigenvalue weighted by atomic mass is 32.1. The highest BCUT2D eigenvalue weighted by molar-refractivity contribution is 7.10. The first-order valence-electron chi connectivity index (χ1n) is 6.31. The van der Waals surface area contributed by atoms with Crippen molar-refractivity contribution in [3.8, 4) is 11.8 Å². The van der Waals surface area contributed by atoms with Crippen molar-refractivity contribution in [3.05, 3.63) is 51.7 Å². The van der Waals surface area contributed by atoms with Gasteiger partial charge in [-0.25, -0.2) is 0 Å². The number of hydrogen-bond acceptors (Lipinski definition) is 3. The van der Waals surface area contributed by atoms with Gasteiger partial charge in [0.15, 0.2) is 0 Å². The maximum absolute atomic E-state index is 11.9. The Morgan fingerprint density at radius 2 is 2.25 bits per heavy atom. The molecule has 2 rings (SSSR count). The van der Waals surface area contributed by atoms with Crippen molar-refractivity contribution in [1.29, 1.82) is 0 Å². The maximum atomic E-state index is 11.9. The van der Waals surface area contributed by atoms with E-state index in [1.54, 1.807) is 11.3 Å². The van der Waals surface area contributed by atoms with Crippen LogP contribution < -0.4 is 11.1 Å². The second-order valence-corrected chi connectivity index (χ2v) is 5.37. The zero-order valence-corrected chi connectivity index (χ0v) is 12.1. The van der Waals surface area contributed by atoms with Crippen LogP contribution in [-0.4, -0.2) is 12.5 Å². The molecule has 2 aromatic rings. The summed E-state index contributed by atoms with van der Waals surface area (Å²) in [5.74, 6) is 5.82. The fourth-order valence-corrected chi connectivity index (χ4v) is 2.51. The van der Waals surface area contributed by atoms with Crippen LogP contribution in [-0.2, 0) is 11.2 Å². The molecule has 0 bridgehead atoms. The predicted molar refractivity (Wildman–Crippen MR) is 83.8 cm³/mol. The zero-order valence-electron chi connectivity index (χ0n) is 11.3. The van der Waals surface area contributed by atoms with Crippen molar-refractivity contribution in [2.24, 2.45) is 5.73 Å². The average molecular weight is 284 g/mol. The second kappa shape index (κ2) is 6.90. The fourth-order valence-electron chi connectivity index (χ4n) is 1.80. The summed E-state index contributed by atoms with van der Waals surface area (Å²) in [5.41, 5.74) is 8.12. The minimum atomic E-state index is -0.00681. The third kappa shape index (κ3) is 3.95. The van der Waals surface area contributed by atoms with Crippen LogP contribution in [0.15, 0.2) is 35.7 Å². The van der Waals surface area contributed by atoms with E-state index in [-0.39, 0.29) is 5.91 Å². The summed E-state index contributed by atoms with van der Waals surface area (Å²) in [4.78, 5) is 13.0. The summed E-state index contributed by atoms with van der Waals surface area (Å²) in [6.07, 6.45) is 0.408. The molecule has 1 aromatic heterocycles. The van der Waals surface area contributed by atoms with Crippen LogP contribution in [0, 0.1) is 18.8 Å². The van der Waals surface area contributed by atoms with Gasteiger partial charge in [-0.15, -0.1) is 11.3 Å². The van der Waals surface area contributed by atoms with Crippen molar-refractivity contribution < 1.29 is 4.79 Å². The Hall–Kier alpha value is -2.09. The normalized spacial score (nSPS) is 9.70. The third-order valence-electron chi connectivity index (χ3n) is 2.75. The highest BCUT2D eigenvalue weighted by Gasteiger charge is 2.05. The van der Waals surface area contributed by atoms with E-state index in [9.17, 15) is 4.79 Å². The summed E-state index contributed by atoms with van der Waals surface area (Å²) >= 11 is 1.59. The number of benzene rings is 1. The molecule has 1 amide bonds. The Morgan fingerprint density at radius 1 is 1.40 bits per heavy atom. The van der Waals surface area contributed by atoms with Crippen molar-refractivity contribution in [3.63, 3.8) is 0 Å². The molecule has 0 atom stereocenters. The summed E-state index contributed by atoms with van der Waals surface area (Å²) in [7, 11) is 0. The van der Waals surface area contributed by atoms with Gasteiger partial charge in [0.1, 0.15) is 0 Å². The SMILES string of the molecule is Cc1cc(NC(=O)Cc2cccs2)ccc1C#CCN. The first-order chi connectivity index (χ1) is 9.69. The Kier molecular flexibility index (Phi) is 4.94. The minimum absolute atomic E-state index is 0.00681. The number of aryl methyl sites for hydroxylation is 1. The van der Waals surface area contributed by atoms with Crippen molar-refractivity contribution in [1.82, 2.24) is 0 Å². The van der Waals surface area contributed by atoms with Crippen LogP contribution in [0.25, 0.3) is 0 Å². The summed E-state index contributed by atoms with van der Waals surface area (Å²) in [5, 5.41) is 4.87. The molecule has 3 nitrogen and oxygen atoms in total. The Labute approximate surface area is 122 Å². The zero-order chi connectivity index (χ0) is 14.4. The van der Waals surface area contributed by atoms with Gasteiger partial charge in [0.2, 0.25) is 5.91 Å². The van der Waals surface area contributed by atoms with Gasteiger partial charge in [0.25, 0.3) is 0 Å². The number of carbonyl (C=O) groups is 1. The van der Waals surface area contributed by atoms with Crippen LogP contribution in [0.5, 0.6) is 0 Å². The Bertz CT molecular complexity index is 651. The Balaban J connectivity index is 2.03. The molecule has 0 saturated carbocycles. The molecule has 0 saturated heterocycles. The van der Waals surface area contributed by atoms with E-state index in [1.165, 1.54) is 0 Å².